The van der Waals surface area contributed by atoms with Crippen LogP contribution in [0.15, 0.2) is 30.3 Å². The average molecular weight is 458 g/mol. The smallest absolute Gasteiger partial charge is 0.253 e. The summed E-state index contributed by atoms with van der Waals surface area (Å²) < 4.78 is 0. The van der Waals surface area contributed by atoms with E-state index < -0.39 is 0 Å². The quantitative estimate of drug-likeness (QED) is 0.159. The van der Waals surface area contributed by atoms with Gasteiger partial charge in [-0.25, -0.2) is 0 Å². The molecule has 2 nitrogen and oxygen atoms in total. The predicted molar refractivity (Wildman–Crippen MR) is 146 cm³/mol. The number of nitrogens with zero attached hydrogens (tertiary/aromatic N) is 1. The number of carbonyl (C=O) groups excluding carboxylic acids is 1. The number of carbonyl (C=O) groups is 1. The Hall–Kier alpha value is -1.31. The van der Waals surface area contributed by atoms with Gasteiger partial charge in [0.25, 0.3) is 5.91 Å². The van der Waals surface area contributed by atoms with Crippen molar-refractivity contribution in [2.45, 2.75) is 136 Å². The fourth-order valence-corrected chi connectivity index (χ4v) is 4.68. The minimum atomic E-state index is 0.191. The van der Waals surface area contributed by atoms with Crippen molar-refractivity contribution in [3.05, 3.63) is 35.9 Å². The third-order valence-electron chi connectivity index (χ3n) is 6.68. The van der Waals surface area contributed by atoms with E-state index >= 15 is 0 Å². The van der Waals surface area contributed by atoms with Gasteiger partial charge in [-0.1, -0.05) is 148 Å². The van der Waals surface area contributed by atoms with Crippen LogP contribution in [0.5, 0.6) is 0 Å². The second-order valence-electron chi connectivity index (χ2n) is 10.5. The molecule has 0 spiro atoms. The van der Waals surface area contributed by atoms with Crippen LogP contribution in [-0.4, -0.2) is 23.9 Å². The zero-order chi connectivity index (χ0) is 24.0. The van der Waals surface area contributed by atoms with Crippen LogP contribution in [0.4, 0.5) is 0 Å². The van der Waals surface area contributed by atoms with E-state index in [0.717, 1.165) is 25.1 Å². The number of amides is 1. The van der Waals surface area contributed by atoms with Crippen molar-refractivity contribution >= 4 is 5.91 Å². The van der Waals surface area contributed by atoms with E-state index in [1.165, 1.54) is 109 Å². The highest BCUT2D eigenvalue weighted by atomic mass is 16.2. The Bertz CT molecular complexity index is 553. The van der Waals surface area contributed by atoms with Crippen molar-refractivity contribution in [3.63, 3.8) is 0 Å². The first kappa shape index (κ1) is 29.7. The second-order valence-corrected chi connectivity index (χ2v) is 10.5. The number of rotatable bonds is 22. The Labute approximate surface area is 206 Å². The maximum Gasteiger partial charge on any atom is 0.253 e. The first-order valence-electron chi connectivity index (χ1n) is 14.5. The van der Waals surface area contributed by atoms with E-state index in [9.17, 15) is 4.79 Å². The first-order valence-corrected chi connectivity index (χ1v) is 14.5. The highest BCUT2D eigenvalue weighted by Crippen LogP contribution is 2.15. The van der Waals surface area contributed by atoms with Gasteiger partial charge in [-0.05, 0) is 24.5 Å². The minimum Gasteiger partial charge on any atom is -0.338 e. The fourth-order valence-electron chi connectivity index (χ4n) is 4.68. The van der Waals surface area contributed by atoms with Crippen molar-refractivity contribution in [3.8, 4) is 0 Å². The van der Waals surface area contributed by atoms with Gasteiger partial charge >= 0.3 is 0 Å². The Morgan fingerprint density at radius 3 is 1.42 bits per heavy atom. The number of hydrogen-bond donors (Lipinski definition) is 0. The van der Waals surface area contributed by atoms with E-state index in [-0.39, 0.29) is 5.91 Å². The molecular weight excluding hydrogens is 402 g/mol. The number of unbranched alkanes of at least 4 members (excludes halogenated alkanes) is 17. The van der Waals surface area contributed by atoms with Crippen LogP contribution in [0.1, 0.15) is 147 Å². The van der Waals surface area contributed by atoms with Crippen LogP contribution in [0.2, 0.25) is 0 Å². The standard InChI is InChI=1S/C31H55NO/c1-4-5-6-7-8-9-10-11-12-13-14-15-16-17-18-19-20-24-27-32(28-29(2)3)31(33)30-25-22-21-23-26-30/h21-23,25-26,29H,4-20,24,27-28H2,1-3H3. The molecule has 0 saturated heterocycles. The molecule has 1 aromatic rings. The summed E-state index contributed by atoms with van der Waals surface area (Å²) in [6, 6.07) is 9.76. The van der Waals surface area contributed by atoms with E-state index in [1.54, 1.807) is 0 Å². The van der Waals surface area contributed by atoms with Crippen molar-refractivity contribution in [2.24, 2.45) is 5.92 Å². The predicted octanol–water partition coefficient (Wildman–Crippen LogP) is 9.83. The van der Waals surface area contributed by atoms with E-state index in [1.807, 2.05) is 30.3 Å². The number of benzene rings is 1. The summed E-state index contributed by atoms with van der Waals surface area (Å²) in [5.41, 5.74) is 0.820. The Morgan fingerprint density at radius 1 is 0.636 bits per heavy atom. The molecule has 0 aliphatic heterocycles. The average Bonchev–Trinajstić information content (AvgIpc) is 2.82. The van der Waals surface area contributed by atoms with E-state index in [0.29, 0.717) is 5.92 Å². The largest absolute Gasteiger partial charge is 0.338 e. The van der Waals surface area contributed by atoms with Gasteiger partial charge in [0.1, 0.15) is 0 Å². The molecule has 0 aliphatic rings. The van der Waals surface area contributed by atoms with Crippen molar-refractivity contribution in [1.82, 2.24) is 4.90 Å². The molecule has 190 valence electrons. The lowest BCUT2D eigenvalue weighted by Gasteiger charge is -2.24. The van der Waals surface area contributed by atoms with Crippen LogP contribution >= 0.6 is 0 Å². The molecule has 0 radical (unpaired) electrons. The van der Waals surface area contributed by atoms with Gasteiger partial charge in [0.15, 0.2) is 0 Å². The van der Waals surface area contributed by atoms with E-state index in [4.69, 9.17) is 0 Å². The number of hydrogen-bond acceptors (Lipinski definition) is 1. The molecule has 0 N–H and O–H groups in total. The summed E-state index contributed by atoms with van der Waals surface area (Å²) in [5.74, 6) is 0.699. The zero-order valence-corrected chi connectivity index (χ0v) is 22.5. The van der Waals surface area contributed by atoms with Crippen LogP contribution in [-0.2, 0) is 0 Å². The lowest BCUT2D eigenvalue weighted by molar-refractivity contribution is 0.0732. The summed E-state index contributed by atoms with van der Waals surface area (Å²) in [5, 5.41) is 0. The van der Waals surface area contributed by atoms with E-state index in [2.05, 4.69) is 25.7 Å². The van der Waals surface area contributed by atoms with Gasteiger partial charge in [0.2, 0.25) is 0 Å². The Balaban J connectivity index is 1.94. The topological polar surface area (TPSA) is 20.3 Å². The monoisotopic (exact) mass is 457 g/mol. The van der Waals surface area contributed by atoms with Crippen molar-refractivity contribution in [1.29, 1.82) is 0 Å². The third kappa shape index (κ3) is 16.9. The molecule has 1 rings (SSSR count). The maximum atomic E-state index is 12.8. The molecule has 0 bridgehead atoms. The molecule has 0 heterocycles. The van der Waals surface area contributed by atoms with Crippen LogP contribution in [0.3, 0.4) is 0 Å². The van der Waals surface area contributed by atoms with Crippen LogP contribution < -0.4 is 0 Å². The molecule has 33 heavy (non-hydrogen) atoms. The SMILES string of the molecule is CCCCCCCCCCCCCCCCCCCCN(CC(C)C)C(=O)c1ccccc1. The summed E-state index contributed by atoms with van der Waals surface area (Å²) in [6.45, 7) is 8.43. The first-order chi connectivity index (χ1) is 16.1. The van der Waals surface area contributed by atoms with Crippen LogP contribution in [0, 0.1) is 5.92 Å². The van der Waals surface area contributed by atoms with Gasteiger partial charge in [-0.15, -0.1) is 0 Å². The normalized spacial score (nSPS) is 11.3. The highest BCUT2D eigenvalue weighted by Gasteiger charge is 2.16. The van der Waals surface area contributed by atoms with Gasteiger partial charge in [-0.3, -0.25) is 4.79 Å². The molecule has 0 fully saturated rings. The highest BCUT2D eigenvalue weighted by molar-refractivity contribution is 5.94. The van der Waals surface area contributed by atoms with Gasteiger partial charge < -0.3 is 4.90 Å². The summed E-state index contributed by atoms with van der Waals surface area (Å²) >= 11 is 0. The summed E-state index contributed by atoms with van der Waals surface area (Å²) in [6.07, 6.45) is 25.1. The fraction of sp³-hybridized carbons (Fsp3) is 0.774. The molecule has 2 heteroatoms. The summed E-state index contributed by atoms with van der Waals surface area (Å²) in [7, 11) is 0. The lowest BCUT2D eigenvalue weighted by Crippen LogP contribution is -2.35. The van der Waals surface area contributed by atoms with Crippen molar-refractivity contribution in [2.75, 3.05) is 13.1 Å². The lowest BCUT2D eigenvalue weighted by atomic mass is 10.0. The molecule has 0 saturated carbocycles. The maximum absolute atomic E-state index is 12.8. The Kier molecular flexibility index (Phi) is 19.1. The molecule has 0 unspecified atom stereocenters. The van der Waals surface area contributed by atoms with Crippen molar-refractivity contribution < 1.29 is 4.79 Å². The van der Waals surface area contributed by atoms with Gasteiger partial charge in [-0.2, -0.15) is 0 Å². The minimum absolute atomic E-state index is 0.191. The molecule has 0 atom stereocenters. The van der Waals surface area contributed by atoms with Gasteiger partial charge in [0, 0.05) is 18.7 Å². The molecule has 1 amide bonds. The second kappa shape index (κ2) is 21.2. The Morgan fingerprint density at radius 2 is 1.03 bits per heavy atom. The van der Waals surface area contributed by atoms with Gasteiger partial charge in [0.05, 0.1) is 0 Å². The zero-order valence-electron chi connectivity index (χ0n) is 22.5. The summed E-state index contributed by atoms with van der Waals surface area (Å²) in [4.78, 5) is 14.9. The third-order valence-corrected chi connectivity index (χ3v) is 6.68. The molecule has 0 aliphatic carbocycles. The molecular formula is C31H55NO. The van der Waals surface area contributed by atoms with Crippen LogP contribution in [0.25, 0.3) is 0 Å². The molecule has 0 aromatic heterocycles. The molecule has 1 aromatic carbocycles.